The van der Waals surface area contributed by atoms with Crippen LogP contribution in [0.15, 0.2) is 0 Å². The molecule has 20 heavy (non-hydrogen) atoms. The second kappa shape index (κ2) is 4.72. The zero-order chi connectivity index (χ0) is 13.7. The predicted molar refractivity (Wildman–Crippen MR) is 71.9 cm³/mol. The molecule has 5 nitrogen and oxygen atoms in total. The summed E-state index contributed by atoms with van der Waals surface area (Å²) in [7, 11) is 0. The minimum absolute atomic E-state index is 0.0713. The van der Waals surface area contributed by atoms with Crippen molar-refractivity contribution in [3.05, 3.63) is 0 Å². The number of nitrogens with zero attached hydrogens (tertiary/aromatic N) is 1. The molecule has 0 spiro atoms. The van der Waals surface area contributed by atoms with Gasteiger partial charge in [0.05, 0.1) is 6.10 Å². The van der Waals surface area contributed by atoms with Crippen LogP contribution in [-0.4, -0.2) is 48.1 Å². The highest BCUT2D eigenvalue weighted by Gasteiger charge is 2.51. The van der Waals surface area contributed by atoms with Gasteiger partial charge in [0.15, 0.2) is 0 Å². The third-order valence-corrected chi connectivity index (χ3v) is 5.04. The molecular weight excluding hydrogens is 256 g/mol. The van der Waals surface area contributed by atoms with Crippen molar-refractivity contribution in [1.82, 2.24) is 10.2 Å². The summed E-state index contributed by atoms with van der Waals surface area (Å²) in [6, 6.07) is -0.499. The van der Waals surface area contributed by atoms with Gasteiger partial charge in [-0.1, -0.05) is 0 Å². The maximum Gasteiger partial charge on any atom is 0.246 e. The fourth-order valence-electron chi connectivity index (χ4n) is 3.60. The first-order valence-corrected chi connectivity index (χ1v) is 7.96. The first-order chi connectivity index (χ1) is 9.74. The lowest BCUT2D eigenvalue weighted by Gasteiger charge is -2.40. The van der Waals surface area contributed by atoms with E-state index in [1.807, 2.05) is 4.90 Å². The summed E-state index contributed by atoms with van der Waals surface area (Å²) in [5, 5.41) is 2.98. The number of hydrogen-bond acceptors (Lipinski definition) is 3. The van der Waals surface area contributed by atoms with Crippen molar-refractivity contribution >= 4 is 11.8 Å². The van der Waals surface area contributed by atoms with Crippen molar-refractivity contribution in [3.63, 3.8) is 0 Å². The van der Waals surface area contributed by atoms with E-state index in [0.717, 1.165) is 45.1 Å². The lowest BCUT2D eigenvalue weighted by Crippen LogP contribution is -2.65. The van der Waals surface area contributed by atoms with E-state index >= 15 is 0 Å². The SMILES string of the molecule is O=C1NC(C2CC2)C(=O)N(CC2CCCO2)C1C1CC1. The first kappa shape index (κ1) is 12.6. The summed E-state index contributed by atoms with van der Waals surface area (Å²) in [5.41, 5.74) is 0. The average Bonchev–Trinajstić information content (AvgIpc) is 3.34. The van der Waals surface area contributed by atoms with E-state index in [-0.39, 0.29) is 30.0 Å². The second-order valence-electron chi connectivity index (χ2n) is 6.73. The van der Waals surface area contributed by atoms with Crippen LogP contribution in [0.1, 0.15) is 38.5 Å². The molecule has 2 aliphatic heterocycles. The van der Waals surface area contributed by atoms with Gasteiger partial charge in [-0.05, 0) is 50.4 Å². The molecule has 0 aromatic rings. The maximum absolute atomic E-state index is 12.7. The third kappa shape index (κ3) is 2.22. The summed E-state index contributed by atoms with van der Waals surface area (Å²) in [5.74, 6) is 0.959. The highest BCUT2D eigenvalue weighted by atomic mass is 16.5. The molecule has 2 saturated carbocycles. The molecule has 0 aromatic heterocycles. The van der Waals surface area contributed by atoms with Gasteiger partial charge in [0.25, 0.3) is 0 Å². The Morgan fingerprint density at radius 3 is 2.45 bits per heavy atom. The molecule has 0 bridgehead atoms. The summed E-state index contributed by atoms with van der Waals surface area (Å²) >= 11 is 0. The quantitative estimate of drug-likeness (QED) is 0.823. The van der Waals surface area contributed by atoms with E-state index in [0.29, 0.717) is 18.4 Å². The van der Waals surface area contributed by atoms with Crippen LogP contribution in [-0.2, 0) is 14.3 Å². The Morgan fingerprint density at radius 1 is 1.10 bits per heavy atom. The number of hydrogen-bond donors (Lipinski definition) is 1. The predicted octanol–water partition coefficient (Wildman–Crippen LogP) is 0.681. The lowest BCUT2D eigenvalue weighted by molar-refractivity contribution is -0.152. The van der Waals surface area contributed by atoms with Gasteiger partial charge in [0.2, 0.25) is 11.8 Å². The van der Waals surface area contributed by atoms with Crippen molar-refractivity contribution in [3.8, 4) is 0 Å². The molecular formula is C15H22N2O3. The summed E-state index contributed by atoms with van der Waals surface area (Å²) < 4.78 is 5.67. The smallest absolute Gasteiger partial charge is 0.246 e. The Bertz CT molecular complexity index is 425. The molecule has 2 amide bonds. The number of piperazine rings is 1. The number of ether oxygens (including phenoxy) is 1. The highest BCUT2D eigenvalue weighted by molar-refractivity contribution is 5.97. The van der Waals surface area contributed by atoms with Crippen LogP contribution in [0.3, 0.4) is 0 Å². The maximum atomic E-state index is 12.7. The zero-order valence-corrected chi connectivity index (χ0v) is 11.7. The zero-order valence-electron chi connectivity index (χ0n) is 11.7. The summed E-state index contributed by atoms with van der Waals surface area (Å²) in [6.07, 6.45) is 6.49. The number of rotatable bonds is 4. The van der Waals surface area contributed by atoms with E-state index in [2.05, 4.69) is 5.32 Å². The van der Waals surface area contributed by atoms with Crippen molar-refractivity contribution in [2.24, 2.45) is 11.8 Å². The van der Waals surface area contributed by atoms with Gasteiger partial charge >= 0.3 is 0 Å². The molecule has 2 heterocycles. The van der Waals surface area contributed by atoms with Crippen LogP contribution in [0.2, 0.25) is 0 Å². The van der Waals surface area contributed by atoms with Crippen molar-refractivity contribution in [2.75, 3.05) is 13.2 Å². The lowest BCUT2D eigenvalue weighted by atomic mass is 9.99. The molecule has 2 aliphatic carbocycles. The van der Waals surface area contributed by atoms with Gasteiger partial charge in [-0.15, -0.1) is 0 Å². The van der Waals surface area contributed by atoms with Crippen LogP contribution >= 0.6 is 0 Å². The fourth-order valence-corrected chi connectivity index (χ4v) is 3.60. The van der Waals surface area contributed by atoms with E-state index in [9.17, 15) is 9.59 Å². The molecule has 4 fully saturated rings. The van der Waals surface area contributed by atoms with E-state index in [1.165, 1.54) is 0 Å². The van der Waals surface area contributed by atoms with Crippen LogP contribution in [0, 0.1) is 11.8 Å². The van der Waals surface area contributed by atoms with Crippen LogP contribution < -0.4 is 5.32 Å². The van der Waals surface area contributed by atoms with Gasteiger partial charge in [-0.3, -0.25) is 9.59 Å². The number of nitrogens with one attached hydrogen (secondary N) is 1. The molecule has 3 atom stereocenters. The third-order valence-electron chi connectivity index (χ3n) is 5.04. The molecule has 5 heteroatoms. The minimum Gasteiger partial charge on any atom is -0.376 e. The largest absolute Gasteiger partial charge is 0.376 e. The molecule has 0 aromatic carbocycles. The number of carbonyl (C=O) groups excluding carboxylic acids is 2. The van der Waals surface area contributed by atoms with Crippen LogP contribution in [0.25, 0.3) is 0 Å². The molecule has 0 radical (unpaired) electrons. The molecule has 4 rings (SSSR count). The Hall–Kier alpha value is -1.10. The summed E-state index contributed by atoms with van der Waals surface area (Å²) in [6.45, 7) is 1.40. The Kier molecular flexibility index (Phi) is 2.98. The van der Waals surface area contributed by atoms with Gasteiger partial charge in [-0.25, -0.2) is 0 Å². The standard InChI is InChI=1S/C15H22N2O3/c18-14-13(10-5-6-10)17(8-11-2-1-7-20-11)15(19)12(16-14)9-3-4-9/h9-13H,1-8H2,(H,16,18). The highest BCUT2D eigenvalue weighted by Crippen LogP contribution is 2.40. The van der Waals surface area contributed by atoms with Crippen molar-refractivity contribution in [2.45, 2.75) is 56.7 Å². The first-order valence-electron chi connectivity index (χ1n) is 7.96. The van der Waals surface area contributed by atoms with Gasteiger partial charge in [0.1, 0.15) is 12.1 Å². The second-order valence-corrected chi connectivity index (χ2v) is 6.73. The van der Waals surface area contributed by atoms with E-state index < -0.39 is 0 Å². The van der Waals surface area contributed by atoms with Crippen molar-refractivity contribution < 1.29 is 14.3 Å². The van der Waals surface area contributed by atoms with Gasteiger partial charge in [0, 0.05) is 13.2 Å². The molecule has 2 saturated heterocycles. The van der Waals surface area contributed by atoms with Crippen molar-refractivity contribution in [1.29, 1.82) is 0 Å². The molecule has 1 N–H and O–H groups in total. The molecule has 3 unspecified atom stereocenters. The number of carbonyl (C=O) groups is 2. The van der Waals surface area contributed by atoms with E-state index in [1.54, 1.807) is 0 Å². The Labute approximate surface area is 119 Å². The molecule has 4 aliphatic rings. The average molecular weight is 278 g/mol. The van der Waals surface area contributed by atoms with Gasteiger partial charge in [-0.2, -0.15) is 0 Å². The number of amides is 2. The normalized spacial score (nSPS) is 38.2. The monoisotopic (exact) mass is 278 g/mol. The van der Waals surface area contributed by atoms with Crippen LogP contribution in [0.4, 0.5) is 0 Å². The minimum atomic E-state index is -0.265. The van der Waals surface area contributed by atoms with Gasteiger partial charge < -0.3 is 15.0 Å². The Balaban J connectivity index is 1.54. The molecule has 110 valence electrons. The van der Waals surface area contributed by atoms with Crippen LogP contribution in [0.5, 0.6) is 0 Å². The van der Waals surface area contributed by atoms with E-state index in [4.69, 9.17) is 4.74 Å². The topological polar surface area (TPSA) is 58.6 Å². The summed E-state index contributed by atoms with van der Waals surface area (Å²) in [4.78, 5) is 27.0. The Morgan fingerprint density at radius 2 is 1.85 bits per heavy atom. The fraction of sp³-hybridized carbons (Fsp3) is 0.867.